The van der Waals surface area contributed by atoms with Crippen molar-refractivity contribution in [1.82, 2.24) is 4.57 Å². The van der Waals surface area contributed by atoms with Gasteiger partial charge in [-0.2, -0.15) is 0 Å². The van der Waals surface area contributed by atoms with Crippen molar-refractivity contribution in [2.24, 2.45) is 0 Å². The molecule has 0 saturated carbocycles. The Balaban J connectivity index is 1.48. The summed E-state index contributed by atoms with van der Waals surface area (Å²) in [6, 6.07) is 24.8. The lowest BCUT2D eigenvalue weighted by Crippen LogP contribution is -2.30. The molecule has 0 atom stereocenters. The highest BCUT2D eigenvalue weighted by atomic mass is 32.2. The van der Waals surface area contributed by atoms with E-state index in [0.29, 0.717) is 18.7 Å². The SMILES string of the molecule is Cc1ccc(S(=O)(=O)c2ccc(C(=O)N3Cc4cccn4Cc4ccccc43)cc2)cc1. The Morgan fingerprint density at radius 2 is 1.44 bits per heavy atom. The Labute approximate surface area is 187 Å². The fourth-order valence-electron chi connectivity index (χ4n) is 4.05. The van der Waals surface area contributed by atoms with Crippen LogP contribution in [0.3, 0.4) is 0 Å². The monoisotopic (exact) mass is 442 g/mol. The van der Waals surface area contributed by atoms with Crippen LogP contribution < -0.4 is 4.90 Å². The van der Waals surface area contributed by atoms with E-state index in [0.717, 1.165) is 22.5 Å². The number of hydrogen-bond acceptors (Lipinski definition) is 3. The normalized spacial score (nSPS) is 13.2. The molecule has 0 saturated heterocycles. The summed E-state index contributed by atoms with van der Waals surface area (Å²) in [5, 5.41) is 0. The molecule has 1 aliphatic heterocycles. The lowest BCUT2D eigenvalue weighted by atomic mass is 10.1. The van der Waals surface area contributed by atoms with Crippen LogP contribution in [0.4, 0.5) is 5.69 Å². The van der Waals surface area contributed by atoms with E-state index in [1.54, 1.807) is 41.3 Å². The first-order valence-electron chi connectivity index (χ1n) is 10.4. The number of aryl methyl sites for hydroxylation is 1. The number of fused-ring (bicyclic) bond motifs is 2. The summed E-state index contributed by atoms with van der Waals surface area (Å²) >= 11 is 0. The molecule has 32 heavy (non-hydrogen) atoms. The first-order chi connectivity index (χ1) is 15.4. The summed E-state index contributed by atoms with van der Waals surface area (Å²) < 4.78 is 28.0. The van der Waals surface area contributed by atoms with E-state index >= 15 is 0 Å². The molecule has 160 valence electrons. The maximum Gasteiger partial charge on any atom is 0.258 e. The topological polar surface area (TPSA) is 59.4 Å². The standard InChI is InChI=1S/C26H22N2O3S/c1-19-8-12-23(13-9-19)32(30,31)24-14-10-20(11-15-24)26(29)28-18-22-6-4-16-27(22)17-21-5-2-3-7-25(21)28/h2-16H,17-18H2,1H3. The second-order valence-electron chi connectivity index (χ2n) is 7.99. The van der Waals surface area contributed by atoms with E-state index in [2.05, 4.69) is 4.57 Å². The molecule has 3 aromatic carbocycles. The van der Waals surface area contributed by atoms with Crippen LogP contribution in [0.1, 0.15) is 27.2 Å². The highest BCUT2D eigenvalue weighted by molar-refractivity contribution is 7.91. The molecule has 4 aromatic rings. The Morgan fingerprint density at radius 3 is 2.16 bits per heavy atom. The van der Waals surface area contributed by atoms with Gasteiger partial charge in [-0.05, 0) is 67.1 Å². The zero-order valence-corrected chi connectivity index (χ0v) is 18.4. The molecule has 0 radical (unpaired) electrons. The van der Waals surface area contributed by atoms with Crippen LogP contribution in [-0.2, 0) is 22.9 Å². The molecule has 2 heterocycles. The van der Waals surface area contributed by atoms with Gasteiger partial charge in [0.15, 0.2) is 0 Å². The number of carbonyl (C=O) groups is 1. The van der Waals surface area contributed by atoms with E-state index < -0.39 is 9.84 Å². The third kappa shape index (κ3) is 3.52. The molecule has 1 aliphatic rings. The van der Waals surface area contributed by atoms with Crippen LogP contribution in [-0.4, -0.2) is 18.9 Å². The Kier molecular flexibility index (Phi) is 4.94. The third-order valence-corrected chi connectivity index (χ3v) is 7.64. The van der Waals surface area contributed by atoms with E-state index in [4.69, 9.17) is 0 Å². The first kappa shape index (κ1) is 20.3. The summed E-state index contributed by atoms with van der Waals surface area (Å²) in [6.45, 7) is 3.07. The maximum absolute atomic E-state index is 13.5. The molecule has 0 spiro atoms. The highest BCUT2D eigenvalue weighted by Gasteiger charge is 2.25. The molecule has 1 amide bonds. The number of sulfone groups is 1. The number of hydrogen-bond donors (Lipinski definition) is 0. The van der Waals surface area contributed by atoms with Gasteiger partial charge in [0, 0.05) is 29.7 Å². The zero-order valence-electron chi connectivity index (χ0n) is 17.6. The van der Waals surface area contributed by atoms with Crippen LogP contribution in [0.2, 0.25) is 0 Å². The lowest BCUT2D eigenvalue weighted by Gasteiger charge is -2.23. The second-order valence-corrected chi connectivity index (χ2v) is 9.94. The minimum Gasteiger partial charge on any atom is -0.345 e. The van der Waals surface area contributed by atoms with Crippen LogP contribution in [0.25, 0.3) is 0 Å². The van der Waals surface area contributed by atoms with Gasteiger partial charge >= 0.3 is 0 Å². The summed E-state index contributed by atoms with van der Waals surface area (Å²) in [7, 11) is -3.64. The summed E-state index contributed by atoms with van der Waals surface area (Å²) in [5.74, 6) is -0.161. The average molecular weight is 443 g/mol. The minimum atomic E-state index is -3.64. The summed E-state index contributed by atoms with van der Waals surface area (Å²) in [5.41, 5.74) is 4.43. The molecule has 0 aliphatic carbocycles. The van der Waals surface area contributed by atoms with Crippen molar-refractivity contribution < 1.29 is 13.2 Å². The molecule has 0 bridgehead atoms. The number of amides is 1. The number of rotatable bonds is 3. The van der Waals surface area contributed by atoms with Crippen molar-refractivity contribution in [1.29, 1.82) is 0 Å². The largest absolute Gasteiger partial charge is 0.345 e. The lowest BCUT2D eigenvalue weighted by molar-refractivity contribution is 0.0985. The first-order valence-corrected chi connectivity index (χ1v) is 11.9. The van der Waals surface area contributed by atoms with Crippen molar-refractivity contribution in [2.45, 2.75) is 29.8 Å². The van der Waals surface area contributed by atoms with Gasteiger partial charge in [0.25, 0.3) is 5.91 Å². The van der Waals surface area contributed by atoms with Crippen LogP contribution in [0.15, 0.2) is 101 Å². The Morgan fingerprint density at radius 1 is 0.781 bits per heavy atom. The van der Waals surface area contributed by atoms with E-state index in [-0.39, 0.29) is 15.7 Å². The van der Waals surface area contributed by atoms with E-state index in [1.165, 1.54) is 12.1 Å². The van der Waals surface area contributed by atoms with Crippen molar-refractivity contribution >= 4 is 21.4 Å². The van der Waals surface area contributed by atoms with E-state index in [1.807, 2.05) is 49.5 Å². The summed E-state index contributed by atoms with van der Waals surface area (Å²) in [4.78, 5) is 15.7. The summed E-state index contributed by atoms with van der Waals surface area (Å²) in [6.07, 6.45) is 2.02. The molecule has 6 heteroatoms. The molecule has 0 unspecified atom stereocenters. The highest BCUT2D eigenvalue weighted by Crippen LogP contribution is 2.29. The van der Waals surface area contributed by atoms with E-state index in [9.17, 15) is 13.2 Å². The van der Waals surface area contributed by atoms with Crippen molar-refractivity contribution in [2.75, 3.05) is 4.90 Å². The molecule has 0 fully saturated rings. The Bertz CT molecular complexity index is 1400. The molecule has 0 N–H and O–H groups in total. The molecular weight excluding hydrogens is 420 g/mol. The average Bonchev–Trinajstić information content (AvgIpc) is 3.18. The van der Waals surface area contributed by atoms with Gasteiger partial charge in [-0.1, -0.05) is 35.9 Å². The number of nitrogens with zero attached hydrogens (tertiary/aromatic N) is 2. The van der Waals surface area contributed by atoms with Gasteiger partial charge in [0.05, 0.1) is 16.3 Å². The van der Waals surface area contributed by atoms with Gasteiger partial charge in [0.1, 0.15) is 0 Å². The Hall–Kier alpha value is -3.64. The fraction of sp³-hybridized carbons (Fsp3) is 0.115. The van der Waals surface area contributed by atoms with Crippen LogP contribution in [0, 0.1) is 6.92 Å². The number of para-hydroxylation sites is 1. The zero-order chi connectivity index (χ0) is 22.3. The van der Waals surface area contributed by atoms with Crippen molar-refractivity contribution in [3.8, 4) is 0 Å². The molecule has 1 aromatic heterocycles. The molecular formula is C26H22N2O3S. The smallest absolute Gasteiger partial charge is 0.258 e. The predicted octanol–water partition coefficient (Wildman–Crippen LogP) is 4.84. The quantitative estimate of drug-likeness (QED) is 0.456. The fourth-order valence-corrected chi connectivity index (χ4v) is 5.31. The number of anilines is 1. The number of carbonyl (C=O) groups excluding carboxylic acids is 1. The van der Waals surface area contributed by atoms with Crippen LogP contribution >= 0.6 is 0 Å². The number of benzene rings is 3. The van der Waals surface area contributed by atoms with Crippen LogP contribution in [0.5, 0.6) is 0 Å². The van der Waals surface area contributed by atoms with Crippen molar-refractivity contribution in [3.63, 3.8) is 0 Å². The minimum absolute atomic E-state index is 0.161. The second kappa shape index (κ2) is 7.80. The van der Waals surface area contributed by atoms with Gasteiger partial charge in [0.2, 0.25) is 9.84 Å². The maximum atomic E-state index is 13.5. The molecule has 5 nitrogen and oxygen atoms in total. The third-order valence-electron chi connectivity index (χ3n) is 5.85. The predicted molar refractivity (Wildman–Crippen MR) is 124 cm³/mol. The molecule has 5 rings (SSSR count). The van der Waals surface area contributed by atoms with Crippen molar-refractivity contribution in [3.05, 3.63) is 114 Å². The van der Waals surface area contributed by atoms with Gasteiger partial charge in [-0.25, -0.2) is 8.42 Å². The van der Waals surface area contributed by atoms with Gasteiger partial charge < -0.3 is 9.47 Å². The number of aromatic nitrogens is 1. The van der Waals surface area contributed by atoms with Gasteiger partial charge in [-0.3, -0.25) is 4.79 Å². The van der Waals surface area contributed by atoms with Gasteiger partial charge in [-0.15, -0.1) is 0 Å².